The number of carbonyl (C=O) groups excluding carboxylic acids is 1. The predicted molar refractivity (Wildman–Crippen MR) is 98.6 cm³/mol. The van der Waals surface area contributed by atoms with Crippen molar-refractivity contribution in [3.8, 4) is 11.3 Å². The molecular weight excluding hydrogens is 328 g/mol. The van der Waals surface area contributed by atoms with E-state index in [4.69, 9.17) is 22.4 Å². The van der Waals surface area contributed by atoms with E-state index in [1.54, 1.807) is 12.2 Å². The number of hydrogen-bond donors (Lipinski definition) is 1. The van der Waals surface area contributed by atoms with Crippen molar-refractivity contribution in [2.45, 2.75) is 0 Å². The van der Waals surface area contributed by atoms with E-state index in [1.165, 1.54) is 16.7 Å². The predicted octanol–water partition coefficient (Wildman–Crippen LogP) is 3.92. The number of rotatable bonds is 4. The molecule has 1 aliphatic rings. The van der Waals surface area contributed by atoms with Crippen molar-refractivity contribution in [2.75, 3.05) is 12.3 Å². The summed E-state index contributed by atoms with van der Waals surface area (Å²) in [5, 5.41) is 0. The third-order valence-electron chi connectivity index (χ3n) is 3.26. The van der Waals surface area contributed by atoms with Gasteiger partial charge in [-0.1, -0.05) is 42.2 Å². The Morgan fingerprint density at radius 1 is 1.35 bits per heavy atom. The smallest absolute Gasteiger partial charge is 0.266 e. The number of thiocarbonyl (C=S) groups is 1. The molecule has 1 fully saturated rings. The molecule has 1 saturated heterocycles. The number of anilines is 1. The summed E-state index contributed by atoms with van der Waals surface area (Å²) in [7, 11) is 0. The monoisotopic (exact) mass is 342 g/mol. The molecule has 2 heterocycles. The van der Waals surface area contributed by atoms with Gasteiger partial charge in [-0.15, -0.1) is 6.58 Å². The highest BCUT2D eigenvalue weighted by Crippen LogP contribution is 2.33. The standard InChI is InChI=1S/C17H14N2O2S2/c1-2-8-19-16(20)15(23-17(19)22)10-13-6-7-14(21-13)11-4-3-5-12(18)9-11/h2-7,9-10H,1,8,18H2/b15-10-. The normalized spacial score (nSPS) is 16.3. The molecule has 0 unspecified atom stereocenters. The number of hydrogen-bond acceptors (Lipinski definition) is 5. The molecule has 0 saturated carbocycles. The number of amides is 1. The summed E-state index contributed by atoms with van der Waals surface area (Å²) in [5.74, 6) is 1.17. The van der Waals surface area contributed by atoms with Crippen LogP contribution in [0.3, 0.4) is 0 Å². The third-order valence-corrected chi connectivity index (χ3v) is 4.63. The molecule has 0 atom stereocenters. The van der Waals surface area contributed by atoms with Crippen molar-refractivity contribution >= 4 is 46.0 Å². The first-order valence-electron chi connectivity index (χ1n) is 6.90. The van der Waals surface area contributed by atoms with Crippen LogP contribution in [0.5, 0.6) is 0 Å². The number of benzene rings is 1. The summed E-state index contributed by atoms with van der Waals surface area (Å²) in [6.45, 7) is 4.05. The number of carbonyl (C=O) groups is 1. The van der Waals surface area contributed by atoms with Crippen molar-refractivity contribution < 1.29 is 9.21 Å². The molecule has 1 amide bonds. The van der Waals surface area contributed by atoms with Gasteiger partial charge in [0, 0.05) is 23.9 Å². The summed E-state index contributed by atoms with van der Waals surface area (Å²) in [6.07, 6.45) is 3.36. The lowest BCUT2D eigenvalue weighted by Crippen LogP contribution is -2.27. The van der Waals surface area contributed by atoms with Gasteiger partial charge in [0.2, 0.25) is 0 Å². The van der Waals surface area contributed by atoms with Crippen LogP contribution in [0.15, 0.2) is 58.4 Å². The molecule has 2 N–H and O–H groups in total. The van der Waals surface area contributed by atoms with Gasteiger partial charge in [0.1, 0.15) is 15.8 Å². The van der Waals surface area contributed by atoms with Gasteiger partial charge in [-0.3, -0.25) is 9.69 Å². The Bertz CT molecular complexity index is 824. The Balaban J connectivity index is 1.85. The number of thioether (sulfide) groups is 1. The molecule has 0 radical (unpaired) electrons. The Labute approximate surface area is 143 Å². The summed E-state index contributed by atoms with van der Waals surface area (Å²) in [5.41, 5.74) is 7.35. The fourth-order valence-electron chi connectivity index (χ4n) is 2.19. The van der Waals surface area contributed by atoms with E-state index in [0.29, 0.717) is 33.0 Å². The Kier molecular flexibility index (Phi) is 4.36. The fourth-order valence-corrected chi connectivity index (χ4v) is 3.45. The zero-order valence-corrected chi connectivity index (χ0v) is 13.8. The summed E-state index contributed by atoms with van der Waals surface area (Å²) in [6, 6.07) is 11.1. The van der Waals surface area contributed by atoms with Crippen molar-refractivity contribution in [1.29, 1.82) is 0 Å². The van der Waals surface area contributed by atoms with Crippen LogP contribution in [-0.2, 0) is 4.79 Å². The second-order valence-corrected chi connectivity index (χ2v) is 6.58. The second-order valence-electron chi connectivity index (χ2n) is 4.91. The minimum absolute atomic E-state index is 0.123. The maximum Gasteiger partial charge on any atom is 0.266 e. The lowest BCUT2D eigenvalue weighted by molar-refractivity contribution is -0.121. The third kappa shape index (κ3) is 3.23. The van der Waals surface area contributed by atoms with E-state index in [-0.39, 0.29) is 5.91 Å². The average Bonchev–Trinajstić information content (AvgIpc) is 3.09. The first-order valence-corrected chi connectivity index (χ1v) is 8.13. The molecule has 116 valence electrons. The van der Waals surface area contributed by atoms with Gasteiger partial charge in [-0.05, 0) is 24.3 Å². The van der Waals surface area contributed by atoms with Crippen molar-refractivity contribution in [3.63, 3.8) is 0 Å². The molecule has 4 nitrogen and oxygen atoms in total. The second kappa shape index (κ2) is 6.44. The molecule has 2 aromatic rings. The van der Waals surface area contributed by atoms with E-state index in [9.17, 15) is 4.79 Å². The van der Waals surface area contributed by atoms with Gasteiger partial charge in [-0.25, -0.2) is 0 Å². The van der Waals surface area contributed by atoms with Gasteiger partial charge < -0.3 is 10.2 Å². The molecule has 6 heteroatoms. The maximum atomic E-state index is 12.3. The maximum absolute atomic E-state index is 12.3. The van der Waals surface area contributed by atoms with Gasteiger partial charge in [-0.2, -0.15) is 0 Å². The highest BCUT2D eigenvalue weighted by atomic mass is 32.2. The fraction of sp³-hybridized carbons (Fsp3) is 0.0588. The number of nitrogen functional groups attached to an aromatic ring is 1. The SMILES string of the molecule is C=CCN1C(=O)/C(=C/c2ccc(-c3cccc(N)c3)o2)SC1=S. The largest absolute Gasteiger partial charge is 0.457 e. The quantitative estimate of drug-likeness (QED) is 0.395. The first-order chi connectivity index (χ1) is 11.1. The molecule has 1 aromatic heterocycles. The minimum Gasteiger partial charge on any atom is -0.457 e. The van der Waals surface area contributed by atoms with Gasteiger partial charge in [0.05, 0.1) is 4.91 Å². The molecule has 1 aromatic carbocycles. The van der Waals surface area contributed by atoms with E-state index in [2.05, 4.69) is 6.58 Å². The Morgan fingerprint density at radius 2 is 2.17 bits per heavy atom. The highest BCUT2D eigenvalue weighted by Gasteiger charge is 2.31. The van der Waals surface area contributed by atoms with Crippen LogP contribution in [0.4, 0.5) is 5.69 Å². The van der Waals surface area contributed by atoms with Crippen LogP contribution in [0.1, 0.15) is 5.76 Å². The van der Waals surface area contributed by atoms with E-state index in [0.717, 1.165) is 5.56 Å². The zero-order valence-electron chi connectivity index (χ0n) is 12.2. The van der Waals surface area contributed by atoms with Crippen molar-refractivity contribution in [2.24, 2.45) is 0 Å². The molecule has 0 bridgehead atoms. The lowest BCUT2D eigenvalue weighted by atomic mass is 10.1. The van der Waals surface area contributed by atoms with E-state index < -0.39 is 0 Å². The molecule has 1 aliphatic heterocycles. The van der Waals surface area contributed by atoms with E-state index in [1.807, 2.05) is 36.4 Å². The Hall–Kier alpha value is -2.31. The topological polar surface area (TPSA) is 59.5 Å². The zero-order chi connectivity index (χ0) is 16.4. The van der Waals surface area contributed by atoms with Crippen LogP contribution in [0.25, 0.3) is 17.4 Å². The highest BCUT2D eigenvalue weighted by molar-refractivity contribution is 8.26. The van der Waals surface area contributed by atoms with Crippen molar-refractivity contribution in [1.82, 2.24) is 4.90 Å². The van der Waals surface area contributed by atoms with Gasteiger partial charge in [0.15, 0.2) is 0 Å². The number of nitrogens with two attached hydrogens (primary N) is 1. The van der Waals surface area contributed by atoms with Crippen LogP contribution >= 0.6 is 24.0 Å². The lowest BCUT2D eigenvalue weighted by Gasteiger charge is -2.10. The Morgan fingerprint density at radius 3 is 2.91 bits per heavy atom. The van der Waals surface area contributed by atoms with Crippen molar-refractivity contribution in [3.05, 3.63) is 59.7 Å². The molecular formula is C17H14N2O2S2. The van der Waals surface area contributed by atoms with Crippen LogP contribution in [-0.4, -0.2) is 21.7 Å². The number of nitrogens with zero attached hydrogens (tertiary/aromatic N) is 1. The molecule has 3 rings (SSSR count). The minimum atomic E-state index is -0.123. The summed E-state index contributed by atoms with van der Waals surface area (Å²) >= 11 is 6.47. The first kappa shape index (κ1) is 15.6. The summed E-state index contributed by atoms with van der Waals surface area (Å²) < 4.78 is 6.32. The molecule has 23 heavy (non-hydrogen) atoms. The van der Waals surface area contributed by atoms with Crippen LogP contribution < -0.4 is 5.73 Å². The molecule has 0 spiro atoms. The van der Waals surface area contributed by atoms with E-state index >= 15 is 0 Å². The number of furan rings is 1. The van der Waals surface area contributed by atoms with Crippen LogP contribution in [0, 0.1) is 0 Å². The summed E-state index contributed by atoms with van der Waals surface area (Å²) in [4.78, 5) is 14.3. The van der Waals surface area contributed by atoms with Crippen LogP contribution in [0.2, 0.25) is 0 Å². The average molecular weight is 342 g/mol. The van der Waals surface area contributed by atoms with Gasteiger partial charge in [0.25, 0.3) is 5.91 Å². The molecule has 0 aliphatic carbocycles. The van der Waals surface area contributed by atoms with Gasteiger partial charge >= 0.3 is 0 Å².